The first kappa shape index (κ1) is 22.5. The van der Waals surface area contributed by atoms with Crippen molar-refractivity contribution in [1.29, 1.82) is 0 Å². The Morgan fingerprint density at radius 2 is 1.55 bits per heavy atom. The number of nitrogens with zero attached hydrogens (tertiary/aromatic N) is 3. The van der Waals surface area contributed by atoms with Gasteiger partial charge >= 0.3 is 12.2 Å². The van der Waals surface area contributed by atoms with Crippen molar-refractivity contribution < 1.29 is 24.3 Å². The third-order valence-corrected chi connectivity index (χ3v) is 4.19. The number of hydrogen-bond acceptors (Lipinski definition) is 6. The Labute approximate surface area is 172 Å². The fourth-order valence-electron chi connectivity index (χ4n) is 2.97. The molecule has 1 aliphatic rings. The van der Waals surface area contributed by atoms with Crippen molar-refractivity contribution in [2.24, 2.45) is 5.16 Å². The van der Waals surface area contributed by atoms with Crippen molar-refractivity contribution in [3.8, 4) is 0 Å². The summed E-state index contributed by atoms with van der Waals surface area (Å²) in [6, 6.07) is 6.88. The van der Waals surface area contributed by atoms with Crippen LogP contribution in [0.25, 0.3) is 0 Å². The predicted molar refractivity (Wildman–Crippen MR) is 109 cm³/mol. The molecule has 29 heavy (non-hydrogen) atoms. The Morgan fingerprint density at radius 1 is 1.00 bits per heavy atom. The van der Waals surface area contributed by atoms with Gasteiger partial charge in [-0.3, -0.25) is 4.90 Å². The highest BCUT2D eigenvalue weighted by molar-refractivity contribution is 5.79. The van der Waals surface area contributed by atoms with E-state index in [1.165, 1.54) is 6.21 Å². The van der Waals surface area contributed by atoms with E-state index in [4.69, 9.17) is 14.7 Å². The van der Waals surface area contributed by atoms with Gasteiger partial charge in [-0.2, -0.15) is 0 Å². The quantitative estimate of drug-likeness (QED) is 0.456. The molecule has 1 aromatic rings. The number of carbonyl (C=O) groups is 2. The van der Waals surface area contributed by atoms with Gasteiger partial charge in [0, 0.05) is 19.6 Å². The lowest BCUT2D eigenvalue weighted by molar-refractivity contribution is -0.0152. The first-order chi connectivity index (χ1) is 13.4. The van der Waals surface area contributed by atoms with Gasteiger partial charge in [-0.05, 0) is 52.7 Å². The Morgan fingerprint density at radius 3 is 2.07 bits per heavy atom. The van der Waals surface area contributed by atoms with Crippen molar-refractivity contribution >= 4 is 18.4 Å². The maximum Gasteiger partial charge on any atom is 0.410 e. The molecule has 0 spiro atoms. The molecule has 1 heterocycles. The monoisotopic (exact) mass is 405 g/mol. The maximum atomic E-state index is 12.8. The van der Waals surface area contributed by atoms with Crippen LogP contribution >= 0.6 is 0 Å². The summed E-state index contributed by atoms with van der Waals surface area (Å²) < 4.78 is 11.1. The second kappa shape index (κ2) is 8.71. The van der Waals surface area contributed by atoms with Crippen molar-refractivity contribution in [1.82, 2.24) is 9.80 Å². The summed E-state index contributed by atoms with van der Waals surface area (Å²) in [4.78, 5) is 28.6. The molecule has 2 rings (SSSR count). The predicted octanol–water partition coefficient (Wildman–Crippen LogP) is 4.02. The number of ether oxygens (including phenoxy) is 2. The molecule has 1 saturated heterocycles. The molecule has 8 nitrogen and oxygen atoms in total. The van der Waals surface area contributed by atoms with Crippen LogP contribution in [0.2, 0.25) is 0 Å². The average molecular weight is 405 g/mol. The number of rotatable bonds is 2. The highest BCUT2D eigenvalue weighted by atomic mass is 16.6. The number of oxime groups is 1. The second-order valence-corrected chi connectivity index (χ2v) is 9.03. The van der Waals surface area contributed by atoms with Crippen LogP contribution in [-0.2, 0) is 9.47 Å². The lowest BCUT2D eigenvalue weighted by Gasteiger charge is -2.42. The Kier molecular flexibility index (Phi) is 6.77. The fourth-order valence-corrected chi connectivity index (χ4v) is 2.97. The van der Waals surface area contributed by atoms with Gasteiger partial charge in [0.2, 0.25) is 0 Å². The van der Waals surface area contributed by atoms with Crippen LogP contribution in [0, 0.1) is 0 Å². The van der Waals surface area contributed by atoms with Crippen LogP contribution in [0.4, 0.5) is 9.59 Å². The summed E-state index contributed by atoms with van der Waals surface area (Å²) in [6.07, 6.45) is 0.492. The summed E-state index contributed by atoms with van der Waals surface area (Å²) in [5.74, 6) is 0. The molecular weight excluding hydrogens is 374 g/mol. The van der Waals surface area contributed by atoms with E-state index >= 15 is 0 Å². The maximum absolute atomic E-state index is 12.8. The molecule has 1 aromatic carbocycles. The van der Waals surface area contributed by atoms with Crippen LogP contribution in [0.15, 0.2) is 29.4 Å². The topological polar surface area (TPSA) is 91.7 Å². The SMILES string of the molecule is CC(C)(C)OC(=O)N1CCN(C(=O)OC(C)(C)C)C(c2ccc(/C=N\O)cc2)C1. The van der Waals surface area contributed by atoms with E-state index in [-0.39, 0.29) is 6.04 Å². The van der Waals surface area contributed by atoms with E-state index in [1.807, 2.05) is 53.7 Å². The van der Waals surface area contributed by atoms with Crippen LogP contribution in [0.5, 0.6) is 0 Å². The molecule has 1 unspecified atom stereocenters. The first-order valence-corrected chi connectivity index (χ1v) is 9.64. The zero-order valence-corrected chi connectivity index (χ0v) is 18.0. The molecule has 0 bridgehead atoms. The molecular formula is C21H31N3O5. The van der Waals surface area contributed by atoms with Gasteiger partial charge in [-0.25, -0.2) is 9.59 Å². The molecule has 8 heteroatoms. The minimum atomic E-state index is -0.620. The number of piperazine rings is 1. The van der Waals surface area contributed by atoms with Crippen LogP contribution in [0.3, 0.4) is 0 Å². The Balaban J connectivity index is 2.27. The summed E-state index contributed by atoms with van der Waals surface area (Å²) >= 11 is 0. The summed E-state index contributed by atoms with van der Waals surface area (Å²) in [5, 5.41) is 11.7. The van der Waals surface area contributed by atoms with E-state index in [0.29, 0.717) is 19.6 Å². The molecule has 1 aliphatic heterocycles. The lowest BCUT2D eigenvalue weighted by atomic mass is 10.0. The van der Waals surface area contributed by atoms with Crippen molar-refractivity contribution in [3.05, 3.63) is 35.4 Å². The average Bonchev–Trinajstić information content (AvgIpc) is 2.59. The third kappa shape index (κ3) is 6.66. The number of benzene rings is 1. The van der Waals surface area contributed by atoms with Gasteiger partial charge < -0.3 is 19.6 Å². The highest BCUT2D eigenvalue weighted by Crippen LogP contribution is 2.28. The fraction of sp³-hybridized carbons (Fsp3) is 0.571. The van der Waals surface area contributed by atoms with E-state index in [0.717, 1.165) is 11.1 Å². The largest absolute Gasteiger partial charge is 0.444 e. The van der Waals surface area contributed by atoms with Gasteiger partial charge in [-0.1, -0.05) is 29.4 Å². The van der Waals surface area contributed by atoms with Crippen LogP contribution < -0.4 is 0 Å². The van der Waals surface area contributed by atoms with Gasteiger partial charge in [0.25, 0.3) is 0 Å². The minimum Gasteiger partial charge on any atom is -0.444 e. The molecule has 1 fully saturated rings. The zero-order chi connectivity index (χ0) is 21.8. The molecule has 1 N–H and O–H groups in total. The molecule has 0 aliphatic carbocycles. The van der Waals surface area contributed by atoms with Gasteiger partial charge in [0.05, 0.1) is 12.3 Å². The van der Waals surface area contributed by atoms with E-state index in [1.54, 1.807) is 21.9 Å². The molecule has 0 radical (unpaired) electrons. The minimum absolute atomic E-state index is 0.293. The Bertz CT molecular complexity index is 747. The van der Waals surface area contributed by atoms with Crippen LogP contribution in [-0.4, -0.2) is 64.2 Å². The zero-order valence-electron chi connectivity index (χ0n) is 18.0. The number of carbonyl (C=O) groups excluding carboxylic acids is 2. The number of amides is 2. The standard InChI is InChI=1S/C21H31N3O5/c1-20(2,3)28-18(25)23-11-12-24(19(26)29-21(4,5)6)17(14-23)16-9-7-15(8-10-16)13-22-27/h7-10,13,17,27H,11-12,14H2,1-6H3/b22-13-. The first-order valence-electron chi connectivity index (χ1n) is 9.64. The Hall–Kier alpha value is -2.77. The van der Waals surface area contributed by atoms with Crippen molar-refractivity contribution in [2.75, 3.05) is 19.6 Å². The van der Waals surface area contributed by atoms with Crippen molar-refractivity contribution in [2.45, 2.75) is 58.8 Å². The number of hydrogen-bond donors (Lipinski definition) is 1. The highest BCUT2D eigenvalue weighted by Gasteiger charge is 2.37. The molecule has 2 amide bonds. The molecule has 160 valence electrons. The third-order valence-electron chi connectivity index (χ3n) is 4.19. The summed E-state index contributed by atoms with van der Waals surface area (Å²) in [7, 11) is 0. The van der Waals surface area contributed by atoms with E-state index < -0.39 is 23.4 Å². The van der Waals surface area contributed by atoms with Gasteiger partial charge in [0.1, 0.15) is 11.2 Å². The van der Waals surface area contributed by atoms with E-state index in [9.17, 15) is 9.59 Å². The lowest BCUT2D eigenvalue weighted by Crippen LogP contribution is -2.54. The normalized spacial score (nSPS) is 18.1. The van der Waals surface area contributed by atoms with Gasteiger partial charge in [0.15, 0.2) is 0 Å². The summed E-state index contributed by atoms with van der Waals surface area (Å²) in [6.45, 7) is 11.9. The summed E-state index contributed by atoms with van der Waals surface area (Å²) in [5.41, 5.74) is 0.352. The smallest absolute Gasteiger partial charge is 0.410 e. The molecule has 0 aromatic heterocycles. The van der Waals surface area contributed by atoms with Gasteiger partial charge in [-0.15, -0.1) is 0 Å². The molecule has 1 atom stereocenters. The van der Waals surface area contributed by atoms with Crippen molar-refractivity contribution in [3.63, 3.8) is 0 Å². The second-order valence-electron chi connectivity index (χ2n) is 9.03. The van der Waals surface area contributed by atoms with E-state index in [2.05, 4.69) is 5.16 Å². The molecule has 0 saturated carbocycles. The van der Waals surface area contributed by atoms with Crippen LogP contribution in [0.1, 0.15) is 58.7 Å².